The van der Waals surface area contributed by atoms with E-state index >= 15 is 0 Å². The van der Waals surface area contributed by atoms with Crippen LogP contribution in [0.4, 0.5) is 5.69 Å². The second kappa shape index (κ2) is 15.8. The molecule has 0 saturated carbocycles. The molecule has 0 unspecified atom stereocenters. The van der Waals surface area contributed by atoms with Gasteiger partial charge in [0, 0.05) is 33.5 Å². The summed E-state index contributed by atoms with van der Waals surface area (Å²) in [4.78, 5) is 29.8. The van der Waals surface area contributed by atoms with Crippen LogP contribution in [-0.4, -0.2) is 43.8 Å². The molecule has 0 aliphatic carbocycles. The molecule has 2 amide bonds. The van der Waals surface area contributed by atoms with Crippen LogP contribution in [0.2, 0.25) is 10.0 Å². The van der Waals surface area contributed by atoms with Crippen molar-refractivity contribution >= 4 is 66.7 Å². The number of hydrogen-bond donors (Lipinski definition) is 1. The molecule has 0 aromatic heterocycles. The van der Waals surface area contributed by atoms with E-state index in [2.05, 4.69) is 21.2 Å². The molecule has 4 aromatic rings. The van der Waals surface area contributed by atoms with Gasteiger partial charge in [0.1, 0.15) is 12.6 Å². The third kappa shape index (κ3) is 9.33. The first-order chi connectivity index (χ1) is 21.5. The van der Waals surface area contributed by atoms with Crippen LogP contribution in [0.25, 0.3) is 0 Å². The predicted molar refractivity (Wildman–Crippen MR) is 184 cm³/mol. The van der Waals surface area contributed by atoms with E-state index in [9.17, 15) is 18.0 Å². The van der Waals surface area contributed by atoms with Gasteiger partial charge in [0.15, 0.2) is 0 Å². The van der Waals surface area contributed by atoms with E-state index in [0.29, 0.717) is 16.5 Å². The van der Waals surface area contributed by atoms with Crippen molar-refractivity contribution in [3.63, 3.8) is 0 Å². The first-order valence-electron chi connectivity index (χ1n) is 14.4. The van der Waals surface area contributed by atoms with E-state index in [4.69, 9.17) is 23.2 Å². The second-order valence-electron chi connectivity index (χ2n) is 10.6. The zero-order valence-corrected chi connectivity index (χ0v) is 28.8. The number of hydrogen-bond acceptors (Lipinski definition) is 4. The smallest absolute Gasteiger partial charge is 0.264 e. The van der Waals surface area contributed by atoms with Crippen molar-refractivity contribution < 1.29 is 18.0 Å². The molecule has 45 heavy (non-hydrogen) atoms. The second-order valence-corrected chi connectivity index (χ2v) is 14.3. The van der Waals surface area contributed by atoms with Gasteiger partial charge in [-0.25, -0.2) is 8.42 Å². The largest absolute Gasteiger partial charge is 0.352 e. The van der Waals surface area contributed by atoms with Gasteiger partial charge in [-0.3, -0.25) is 13.9 Å². The lowest BCUT2D eigenvalue weighted by molar-refractivity contribution is -0.140. The molecule has 236 valence electrons. The fraction of sp³-hybridized carbons (Fsp3) is 0.235. The van der Waals surface area contributed by atoms with E-state index < -0.39 is 28.5 Å². The molecule has 0 radical (unpaired) electrons. The Hall–Kier alpha value is -3.37. The number of carbonyl (C=O) groups is 2. The van der Waals surface area contributed by atoms with Crippen molar-refractivity contribution in [2.75, 3.05) is 10.8 Å². The van der Waals surface area contributed by atoms with Gasteiger partial charge in [-0.05, 0) is 79.1 Å². The van der Waals surface area contributed by atoms with Gasteiger partial charge in [-0.1, -0.05) is 94.6 Å². The van der Waals surface area contributed by atoms with Crippen LogP contribution >= 0.6 is 39.1 Å². The molecule has 11 heteroatoms. The molecule has 0 fully saturated rings. The van der Waals surface area contributed by atoms with Gasteiger partial charge in [-0.15, -0.1) is 0 Å². The summed E-state index contributed by atoms with van der Waals surface area (Å²) in [5.74, 6) is -0.885. The van der Waals surface area contributed by atoms with Crippen molar-refractivity contribution in [1.82, 2.24) is 10.2 Å². The van der Waals surface area contributed by atoms with Gasteiger partial charge in [0.25, 0.3) is 10.0 Å². The molecule has 0 aliphatic heterocycles. The lowest BCUT2D eigenvalue weighted by atomic mass is 10.0. The Labute approximate surface area is 283 Å². The summed E-state index contributed by atoms with van der Waals surface area (Å²) in [6.45, 7) is 3.36. The third-order valence-electron chi connectivity index (χ3n) is 7.31. The maximum Gasteiger partial charge on any atom is 0.264 e. The number of rotatable bonds is 13. The molecule has 4 rings (SSSR count). The fourth-order valence-corrected chi connectivity index (χ4v) is 6.66. The molecule has 0 saturated heterocycles. The minimum atomic E-state index is -4.26. The van der Waals surface area contributed by atoms with E-state index in [1.807, 2.05) is 68.4 Å². The number of halogens is 3. The fourth-order valence-electron chi connectivity index (χ4n) is 4.68. The minimum Gasteiger partial charge on any atom is -0.352 e. The zero-order valence-electron chi connectivity index (χ0n) is 24.9. The van der Waals surface area contributed by atoms with E-state index in [1.54, 1.807) is 18.2 Å². The monoisotopic (exact) mass is 729 g/mol. The average molecular weight is 732 g/mol. The Bertz CT molecular complexity index is 1710. The maximum atomic E-state index is 14.5. The van der Waals surface area contributed by atoms with Crippen LogP contribution in [-0.2, 0) is 32.6 Å². The molecule has 0 spiro atoms. The average Bonchev–Trinajstić information content (AvgIpc) is 3.02. The summed E-state index contributed by atoms with van der Waals surface area (Å²) in [6.07, 6.45) is 0.929. The van der Waals surface area contributed by atoms with Gasteiger partial charge in [0.05, 0.1) is 10.6 Å². The highest BCUT2D eigenvalue weighted by Crippen LogP contribution is 2.28. The number of sulfonamides is 1. The van der Waals surface area contributed by atoms with Crippen LogP contribution in [0, 0.1) is 0 Å². The van der Waals surface area contributed by atoms with Gasteiger partial charge >= 0.3 is 0 Å². The first kappa shape index (κ1) is 34.5. The number of anilines is 1. The van der Waals surface area contributed by atoms with Crippen molar-refractivity contribution in [1.29, 1.82) is 0 Å². The summed E-state index contributed by atoms with van der Waals surface area (Å²) in [5, 5.41) is 3.71. The number of nitrogens with one attached hydrogen (secondary N) is 1. The Kier molecular flexibility index (Phi) is 12.1. The number of nitrogens with zero attached hydrogens (tertiary/aromatic N) is 2. The lowest BCUT2D eigenvalue weighted by Gasteiger charge is -2.34. The number of benzene rings is 4. The summed E-state index contributed by atoms with van der Waals surface area (Å²) in [5.41, 5.74) is 1.84. The molecule has 4 aromatic carbocycles. The quantitative estimate of drug-likeness (QED) is 0.154. The van der Waals surface area contributed by atoms with Crippen molar-refractivity contribution in [3.8, 4) is 0 Å². The summed E-state index contributed by atoms with van der Waals surface area (Å²) in [6, 6.07) is 27.8. The Morgan fingerprint density at radius 3 is 2.13 bits per heavy atom. The Balaban J connectivity index is 1.80. The summed E-state index contributed by atoms with van der Waals surface area (Å²) >= 11 is 15.8. The normalized spacial score (nSPS) is 12.6. The Morgan fingerprint density at radius 2 is 1.51 bits per heavy atom. The van der Waals surface area contributed by atoms with Crippen molar-refractivity contribution in [2.45, 2.75) is 50.2 Å². The van der Waals surface area contributed by atoms with Crippen molar-refractivity contribution in [3.05, 3.63) is 129 Å². The van der Waals surface area contributed by atoms with Crippen molar-refractivity contribution in [2.24, 2.45) is 0 Å². The third-order valence-corrected chi connectivity index (χ3v) is 10.1. The molecule has 7 nitrogen and oxygen atoms in total. The SMILES string of the molecule is CC[C@H](C)NC(=O)[C@H](Cc1ccccc1)N(Cc1ccc(Br)cc1)C(=O)CN(c1cccc(Cl)c1)S(=O)(=O)c1ccc(Cl)cc1. The van der Waals surface area contributed by atoms with Crippen LogP contribution in [0.1, 0.15) is 31.4 Å². The molecule has 2 atom stereocenters. The van der Waals surface area contributed by atoms with Crippen LogP contribution < -0.4 is 9.62 Å². The van der Waals surface area contributed by atoms with Gasteiger partial charge in [0.2, 0.25) is 11.8 Å². The standard InChI is InChI=1S/C34H34BrCl2N3O4S/c1-3-24(2)38-34(42)32(20-25-8-5-4-6-9-25)39(22-26-12-14-27(35)15-13-26)33(41)23-40(30-11-7-10-29(37)21-30)45(43,44)31-18-16-28(36)17-19-31/h4-19,21,24,32H,3,20,22-23H2,1-2H3,(H,38,42)/t24-,32-/m0/s1. The Morgan fingerprint density at radius 1 is 0.844 bits per heavy atom. The van der Waals surface area contributed by atoms with Crippen LogP contribution in [0.15, 0.2) is 112 Å². The maximum absolute atomic E-state index is 14.5. The molecule has 1 N–H and O–H groups in total. The summed E-state index contributed by atoms with van der Waals surface area (Å²) in [7, 11) is -4.26. The molecule has 0 aliphatic rings. The van der Waals surface area contributed by atoms with E-state index in [1.165, 1.54) is 35.2 Å². The highest BCUT2D eigenvalue weighted by Gasteiger charge is 2.35. The topological polar surface area (TPSA) is 86.8 Å². The highest BCUT2D eigenvalue weighted by atomic mass is 79.9. The highest BCUT2D eigenvalue weighted by molar-refractivity contribution is 9.10. The van der Waals surface area contributed by atoms with Gasteiger partial charge in [-0.2, -0.15) is 0 Å². The van der Waals surface area contributed by atoms with Crippen LogP contribution in [0.3, 0.4) is 0 Å². The zero-order chi connectivity index (χ0) is 32.6. The first-order valence-corrected chi connectivity index (χ1v) is 17.4. The molecule has 0 heterocycles. The lowest BCUT2D eigenvalue weighted by Crippen LogP contribution is -2.54. The summed E-state index contributed by atoms with van der Waals surface area (Å²) < 4.78 is 30.0. The number of carbonyl (C=O) groups excluding carboxylic acids is 2. The van der Waals surface area contributed by atoms with E-state index in [-0.39, 0.29) is 35.5 Å². The minimum absolute atomic E-state index is 0.0468. The predicted octanol–water partition coefficient (Wildman–Crippen LogP) is 7.51. The molecule has 0 bridgehead atoms. The van der Waals surface area contributed by atoms with Gasteiger partial charge < -0.3 is 10.2 Å². The van der Waals surface area contributed by atoms with Crippen LogP contribution in [0.5, 0.6) is 0 Å². The van der Waals surface area contributed by atoms with E-state index in [0.717, 1.165) is 19.9 Å². The number of amides is 2. The molecular weight excluding hydrogens is 697 g/mol. The molecular formula is C34H34BrCl2N3O4S.